The zero-order valence-electron chi connectivity index (χ0n) is 18.6. The van der Waals surface area contributed by atoms with Crippen molar-refractivity contribution >= 4 is 35.0 Å². The Morgan fingerprint density at radius 2 is 1.41 bits per heavy atom. The molecule has 2 amide bonds. The molecule has 32 heavy (non-hydrogen) atoms. The van der Waals surface area contributed by atoms with Gasteiger partial charge in [0, 0.05) is 58.6 Å². The van der Waals surface area contributed by atoms with Gasteiger partial charge in [-0.25, -0.2) is 14.6 Å². The number of piperazine rings is 2. The van der Waals surface area contributed by atoms with Crippen molar-refractivity contribution in [1.82, 2.24) is 24.8 Å². The molecule has 11 nitrogen and oxygen atoms in total. The number of nitrogens with zero attached hydrogens (tertiary/aromatic N) is 7. The highest BCUT2D eigenvalue weighted by molar-refractivity contribution is 5.87. The number of hydrogen-bond acceptors (Lipinski definition) is 9. The summed E-state index contributed by atoms with van der Waals surface area (Å²) >= 11 is 0. The summed E-state index contributed by atoms with van der Waals surface area (Å²) in [6, 6.07) is 3.79. The van der Waals surface area contributed by atoms with Gasteiger partial charge in [-0.15, -0.1) is 0 Å². The van der Waals surface area contributed by atoms with Gasteiger partial charge >= 0.3 is 12.2 Å². The van der Waals surface area contributed by atoms with Gasteiger partial charge in [0.25, 0.3) is 0 Å². The lowest BCUT2D eigenvalue weighted by Gasteiger charge is -2.36. The summed E-state index contributed by atoms with van der Waals surface area (Å²) in [5.74, 6) is 1.39. The topological polar surface area (TPSA) is 104 Å². The number of aromatic nitrogens is 3. The van der Waals surface area contributed by atoms with Gasteiger partial charge in [-0.05, 0) is 26.0 Å². The molecule has 4 rings (SSSR count). The third-order valence-corrected chi connectivity index (χ3v) is 5.62. The number of rotatable bonds is 4. The van der Waals surface area contributed by atoms with E-state index >= 15 is 0 Å². The zero-order chi connectivity index (χ0) is 22.5. The predicted molar refractivity (Wildman–Crippen MR) is 119 cm³/mol. The molecule has 0 bridgehead atoms. The summed E-state index contributed by atoms with van der Waals surface area (Å²) in [6.45, 7) is 9.10. The molecule has 2 aromatic rings. The average Bonchev–Trinajstić information content (AvgIpc) is 2.84. The fourth-order valence-corrected chi connectivity index (χ4v) is 3.92. The summed E-state index contributed by atoms with van der Waals surface area (Å²) in [5.41, 5.74) is 1.51. The van der Waals surface area contributed by atoms with E-state index in [-0.39, 0.29) is 12.2 Å². The van der Waals surface area contributed by atoms with Crippen LogP contribution in [0, 0.1) is 0 Å². The first-order valence-electron chi connectivity index (χ1n) is 11.1. The summed E-state index contributed by atoms with van der Waals surface area (Å²) in [7, 11) is 0. The molecule has 2 fully saturated rings. The van der Waals surface area contributed by atoms with Crippen molar-refractivity contribution in [2.75, 3.05) is 75.4 Å². The largest absolute Gasteiger partial charge is 0.450 e. The molecular formula is C21H29N7O4. The van der Waals surface area contributed by atoms with Gasteiger partial charge in [0.2, 0.25) is 5.95 Å². The summed E-state index contributed by atoms with van der Waals surface area (Å²) in [6.07, 6.45) is 1.18. The summed E-state index contributed by atoms with van der Waals surface area (Å²) in [4.78, 5) is 45.8. The molecule has 2 aliphatic heterocycles. The quantitative estimate of drug-likeness (QED) is 0.696. The van der Waals surface area contributed by atoms with E-state index in [0.717, 1.165) is 16.9 Å². The number of fused-ring (bicyclic) bond motifs is 1. The van der Waals surface area contributed by atoms with Crippen LogP contribution in [0.25, 0.3) is 11.0 Å². The van der Waals surface area contributed by atoms with E-state index in [2.05, 4.69) is 14.8 Å². The highest BCUT2D eigenvalue weighted by Gasteiger charge is 2.27. The fourth-order valence-electron chi connectivity index (χ4n) is 3.92. The van der Waals surface area contributed by atoms with E-state index in [1.165, 1.54) is 0 Å². The number of pyridine rings is 1. The number of ether oxygens (including phenoxy) is 2. The minimum atomic E-state index is -0.282. The first-order valence-corrected chi connectivity index (χ1v) is 11.1. The van der Waals surface area contributed by atoms with Crippen LogP contribution in [0.2, 0.25) is 0 Å². The van der Waals surface area contributed by atoms with Gasteiger partial charge in [0.05, 0.1) is 18.7 Å². The molecule has 2 aliphatic rings. The van der Waals surface area contributed by atoms with E-state index in [1.54, 1.807) is 29.8 Å². The zero-order valence-corrected chi connectivity index (χ0v) is 18.6. The van der Waals surface area contributed by atoms with Crippen LogP contribution in [0.4, 0.5) is 21.4 Å². The maximum atomic E-state index is 12.0. The van der Waals surface area contributed by atoms with E-state index in [1.807, 2.05) is 12.1 Å². The molecule has 0 spiro atoms. The molecule has 0 aliphatic carbocycles. The second kappa shape index (κ2) is 9.84. The van der Waals surface area contributed by atoms with E-state index in [4.69, 9.17) is 19.4 Å². The number of carbonyl (C=O) groups excluding carboxylic acids is 2. The Hall–Kier alpha value is -3.37. The van der Waals surface area contributed by atoms with Gasteiger partial charge < -0.3 is 29.1 Å². The molecule has 0 atom stereocenters. The lowest BCUT2D eigenvalue weighted by molar-refractivity contribution is 0.104. The van der Waals surface area contributed by atoms with Crippen LogP contribution in [-0.4, -0.2) is 103 Å². The second-order valence-electron chi connectivity index (χ2n) is 7.56. The van der Waals surface area contributed by atoms with Crippen LogP contribution < -0.4 is 9.80 Å². The number of amides is 2. The average molecular weight is 444 g/mol. The highest BCUT2D eigenvalue weighted by atomic mass is 16.6. The Bertz CT molecular complexity index is 956. The number of carbonyl (C=O) groups is 2. The van der Waals surface area contributed by atoms with Gasteiger partial charge in [-0.1, -0.05) is 0 Å². The monoisotopic (exact) mass is 443 g/mol. The van der Waals surface area contributed by atoms with Crippen molar-refractivity contribution in [3.8, 4) is 0 Å². The first kappa shape index (κ1) is 21.8. The predicted octanol–water partition coefficient (Wildman–Crippen LogP) is 1.58. The Balaban J connectivity index is 1.52. The van der Waals surface area contributed by atoms with Crippen molar-refractivity contribution < 1.29 is 19.1 Å². The maximum absolute atomic E-state index is 12.0. The van der Waals surface area contributed by atoms with Crippen molar-refractivity contribution in [1.29, 1.82) is 0 Å². The maximum Gasteiger partial charge on any atom is 0.409 e. The molecule has 4 heterocycles. The summed E-state index contributed by atoms with van der Waals surface area (Å²) in [5, 5.41) is 0. The Morgan fingerprint density at radius 1 is 0.844 bits per heavy atom. The van der Waals surface area contributed by atoms with E-state index in [9.17, 15) is 9.59 Å². The molecule has 0 saturated carbocycles. The van der Waals surface area contributed by atoms with E-state index in [0.29, 0.717) is 71.5 Å². The van der Waals surface area contributed by atoms with Crippen LogP contribution in [0.3, 0.4) is 0 Å². The van der Waals surface area contributed by atoms with Crippen LogP contribution in [0.1, 0.15) is 13.8 Å². The SMILES string of the molecule is CCOC(=O)N1CCN(c2nc(N3CCN(C(=O)OCC)CC3)c3ncccc3n2)CC1. The standard InChI is InChI=1S/C21H29N7O4/c1-3-31-20(29)27-12-8-25(9-13-27)18-17-16(6-5-7-22-17)23-19(24-18)26-10-14-28(15-11-26)21(30)32-4-2/h5-7H,3-4,8-15H2,1-2H3. The number of hydrogen-bond donors (Lipinski definition) is 0. The Morgan fingerprint density at radius 3 is 1.97 bits per heavy atom. The van der Waals surface area contributed by atoms with E-state index < -0.39 is 0 Å². The van der Waals surface area contributed by atoms with Crippen molar-refractivity contribution in [2.45, 2.75) is 13.8 Å². The Kier molecular flexibility index (Phi) is 6.72. The normalized spacial score (nSPS) is 16.9. The van der Waals surface area contributed by atoms with Gasteiger partial charge in [-0.2, -0.15) is 4.98 Å². The van der Waals surface area contributed by atoms with Gasteiger partial charge in [0.1, 0.15) is 5.52 Å². The molecule has 2 saturated heterocycles. The Labute approximate surface area is 186 Å². The summed E-state index contributed by atoms with van der Waals surface area (Å²) < 4.78 is 10.2. The molecule has 0 radical (unpaired) electrons. The number of anilines is 2. The molecule has 172 valence electrons. The minimum absolute atomic E-state index is 0.280. The molecule has 0 unspecified atom stereocenters. The smallest absolute Gasteiger partial charge is 0.409 e. The molecule has 11 heteroatoms. The van der Waals surface area contributed by atoms with Gasteiger partial charge in [-0.3, -0.25) is 4.98 Å². The fraction of sp³-hybridized carbons (Fsp3) is 0.571. The lowest BCUT2D eigenvalue weighted by atomic mass is 10.2. The van der Waals surface area contributed by atoms with Crippen molar-refractivity contribution in [3.63, 3.8) is 0 Å². The third kappa shape index (κ3) is 4.61. The van der Waals surface area contributed by atoms with Crippen LogP contribution in [0.15, 0.2) is 18.3 Å². The van der Waals surface area contributed by atoms with Gasteiger partial charge in [0.15, 0.2) is 5.82 Å². The first-order chi connectivity index (χ1) is 15.6. The van der Waals surface area contributed by atoms with Crippen LogP contribution in [-0.2, 0) is 9.47 Å². The van der Waals surface area contributed by atoms with Crippen molar-refractivity contribution in [2.24, 2.45) is 0 Å². The highest BCUT2D eigenvalue weighted by Crippen LogP contribution is 2.26. The van der Waals surface area contributed by atoms with Crippen molar-refractivity contribution in [3.05, 3.63) is 18.3 Å². The molecule has 0 aromatic carbocycles. The lowest BCUT2D eigenvalue weighted by Crippen LogP contribution is -2.50. The minimum Gasteiger partial charge on any atom is -0.450 e. The molecular weight excluding hydrogens is 414 g/mol. The molecule has 2 aromatic heterocycles. The van der Waals surface area contributed by atoms with Crippen LogP contribution in [0.5, 0.6) is 0 Å². The molecule has 0 N–H and O–H groups in total. The van der Waals surface area contributed by atoms with Crippen LogP contribution >= 0.6 is 0 Å². The second-order valence-corrected chi connectivity index (χ2v) is 7.56. The third-order valence-electron chi connectivity index (χ3n) is 5.62.